The van der Waals surface area contributed by atoms with Gasteiger partial charge in [0.2, 0.25) is 0 Å². The Morgan fingerprint density at radius 3 is 2.60 bits per heavy atom. The van der Waals surface area contributed by atoms with Gasteiger partial charge in [0.1, 0.15) is 0 Å². The highest BCUT2D eigenvalue weighted by Crippen LogP contribution is 2.17. The molecule has 0 fully saturated rings. The smallest absolute Gasteiger partial charge is 0.194 e. The molecule has 1 aromatic rings. The quantitative estimate of drug-likeness (QED) is 0.485. The summed E-state index contributed by atoms with van der Waals surface area (Å²) in [6, 6.07) is 3.48. The van der Waals surface area contributed by atoms with Crippen molar-refractivity contribution >= 4 is 17.5 Å². The monoisotopic (exact) mass is 156 g/mol. The lowest BCUT2D eigenvalue weighted by Crippen LogP contribution is -1.85. The topological polar surface area (TPSA) is 30.2 Å². The van der Waals surface area contributed by atoms with Gasteiger partial charge in [0.15, 0.2) is 16.6 Å². The molecule has 0 unspecified atom stereocenters. The van der Waals surface area contributed by atoms with Crippen molar-refractivity contribution in [1.29, 1.82) is 0 Å². The van der Waals surface area contributed by atoms with Crippen LogP contribution in [0.4, 0.5) is 0 Å². The summed E-state index contributed by atoms with van der Waals surface area (Å²) in [5, 5.41) is 0.783. The van der Waals surface area contributed by atoms with E-state index in [0.717, 1.165) is 5.09 Å². The van der Waals surface area contributed by atoms with E-state index in [1.54, 1.807) is 12.1 Å². The van der Waals surface area contributed by atoms with Gasteiger partial charge in [0.25, 0.3) is 0 Å². The first-order chi connectivity index (χ1) is 4.74. The van der Waals surface area contributed by atoms with E-state index in [-0.39, 0.29) is 5.78 Å². The Labute approximate surface area is 63.6 Å². The van der Waals surface area contributed by atoms with Crippen molar-refractivity contribution in [3.63, 3.8) is 0 Å². The molecular weight excluding hydrogens is 148 g/mol. The average Bonchev–Trinajstić information content (AvgIpc) is 2.34. The molecule has 0 spiro atoms. The second kappa shape index (κ2) is 2.92. The zero-order valence-corrected chi connectivity index (χ0v) is 6.70. The molecule has 0 radical (unpaired) electrons. The van der Waals surface area contributed by atoms with E-state index in [1.807, 2.05) is 6.26 Å². The Hall–Kier alpha value is -0.700. The van der Waals surface area contributed by atoms with Crippen LogP contribution in [0.3, 0.4) is 0 Å². The lowest BCUT2D eigenvalue weighted by molar-refractivity contribution is 0.0982. The van der Waals surface area contributed by atoms with Gasteiger partial charge in [-0.2, -0.15) is 0 Å². The SMILES string of the molecule is CSc1ccc(C(C)=O)o1. The van der Waals surface area contributed by atoms with Crippen LogP contribution in [0.15, 0.2) is 21.6 Å². The fraction of sp³-hybridized carbons (Fsp3) is 0.286. The molecule has 0 saturated carbocycles. The van der Waals surface area contributed by atoms with Crippen molar-refractivity contribution < 1.29 is 9.21 Å². The van der Waals surface area contributed by atoms with Crippen LogP contribution < -0.4 is 0 Å². The maximum atomic E-state index is 10.7. The largest absolute Gasteiger partial charge is 0.447 e. The van der Waals surface area contributed by atoms with Crippen LogP contribution in [-0.4, -0.2) is 12.0 Å². The number of carbonyl (C=O) groups excluding carboxylic acids is 1. The molecule has 2 nitrogen and oxygen atoms in total. The third-order valence-corrected chi connectivity index (χ3v) is 1.75. The van der Waals surface area contributed by atoms with Crippen LogP contribution in [0.5, 0.6) is 0 Å². The summed E-state index contributed by atoms with van der Waals surface area (Å²) in [6.07, 6.45) is 1.91. The molecule has 0 aromatic carbocycles. The zero-order chi connectivity index (χ0) is 7.56. The van der Waals surface area contributed by atoms with Crippen molar-refractivity contribution in [2.75, 3.05) is 6.26 Å². The summed E-state index contributed by atoms with van der Waals surface area (Å²) >= 11 is 1.49. The Kier molecular flexibility index (Phi) is 2.17. The molecule has 1 rings (SSSR count). The van der Waals surface area contributed by atoms with Gasteiger partial charge in [-0.3, -0.25) is 4.79 Å². The molecular formula is C7H8O2S. The van der Waals surface area contributed by atoms with E-state index in [0.29, 0.717) is 5.76 Å². The van der Waals surface area contributed by atoms with Crippen LogP contribution in [0.25, 0.3) is 0 Å². The number of carbonyl (C=O) groups is 1. The zero-order valence-electron chi connectivity index (χ0n) is 5.88. The van der Waals surface area contributed by atoms with Gasteiger partial charge in [0.05, 0.1) is 0 Å². The highest BCUT2D eigenvalue weighted by molar-refractivity contribution is 7.98. The number of Topliss-reactive ketones (excluding diaryl/α,β-unsaturated/α-hetero) is 1. The predicted molar refractivity (Wildman–Crippen MR) is 40.5 cm³/mol. The number of rotatable bonds is 2. The molecule has 0 N–H and O–H groups in total. The predicted octanol–water partition coefficient (Wildman–Crippen LogP) is 2.20. The maximum Gasteiger partial charge on any atom is 0.194 e. The molecule has 1 heterocycles. The van der Waals surface area contributed by atoms with E-state index >= 15 is 0 Å². The van der Waals surface area contributed by atoms with E-state index in [1.165, 1.54) is 18.7 Å². The Balaban J connectivity index is 2.88. The van der Waals surface area contributed by atoms with Crippen molar-refractivity contribution in [1.82, 2.24) is 0 Å². The van der Waals surface area contributed by atoms with E-state index in [9.17, 15) is 4.79 Å². The number of hydrogen-bond acceptors (Lipinski definition) is 3. The average molecular weight is 156 g/mol. The molecule has 1 aromatic heterocycles. The first kappa shape index (κ1) is 7.41. The van der Waals surface area contributed by atoms with Gasteiger partial charge < -0.3 is 4.42 Å². The van der Waals surface area contributed by atoms with Crippen molar-refractivity contribution in [3.05, 3.63) is 17.9 Å². The minimum Gasteiger partial charge on any atom is -0.447 e. The fourth-order valence-corrected chi connectivity index (χ4v) is 0.996. The van der Waals surface area contributed by atoms with Crippen LogP contribution in [0.1, 0.15) is 17.5 Å². The first-order valence-electron chi connectivity index (χ1n) is 2.89. The molecule has 0 saturated heterocycles. The number of furan rings is 1. The molecule has 0 aliphatic carbocycles. The van der Waals surface area contributed by atoms with Gasteiger partial charge in [-0.1, -0.05) is 11.8 Å². The number of hydrogen-bond donors (Lipinski definition) is 0. The fourth-order valence-electron chi connectivity index (χ4n) is 0.619. The molecule has 0 bridgehead atoms. The van der Waals surface area contributed by atoms with Gasteiger partial charge in [0, 0.05) is 6.92 Å². The lowest BCUT2D eigenvalue weighted by atomic mass is 10.3. The molecule has 0 atom stereocenters. The molecule has 0 aliphatic heterocycles. The van der Waals surface area contributed by atoms with Gasteiger partial charge >= 0.3 is 0 Å². The van der Waals surface area contributed by atoms with E-state index in [4.69, 9.17) is 4.42 Å². The van der Waals surface area contributed by atoms with Crippen LogP contribution in [0.2, 0.25) is 0 Å². The third-order valence-electron chi connectivity index (χ3n) is 1.13. The highest BCUT2D eigenvalue weighted by Gasteiger charge is 2.03. The van der Waals surface area contributed by atoms with Gasteiger partial charge in [-0.15, -0.1) is 0 Å². The number of ketones is 1. The summed E-state index contributed by atoms with van der Waals surface area (Å²) in [7, 11) is 0. The third kappa shape index (κ3) is 1.42. The highest BCUT2D eigenvalue weighted by atomic mass is 32.2. The summed E-state index contributed by atoms with van der Waals surface area (Å²) in [4.78, 5) is 10.7. The van der Waals surface area contributed by atoms with Crippen LogP contribution in [-0.2, 0) is 0 Å². The van der Waals surface area contributed by atoms with Gasteiger partial charge in [-0.05, 0) is 18.4 Å². The Morgan fingerprint density at radius 2 is 2.30 bits per heavy atom. The first-order valence-corrected chi connectivity index (χ1v) is 4.11. The minimum absolute atomic E-state index is 0.0275. The second-order valence-electron chi connectivity index (χ2n) is 1.88. The minimum atomic E-state index is -0.0275. The molecule has 0 amide bonds. The van der Waals surface area contributed by atoms with E-state index < -0.39 is 0 Å². The van der Waals surface area contributed by atoms with Crippen molar-refractivity contribution in [2.45, 2.75) is 12.0 Å². The summed E-state index contributed by atoms with van der Waals surface area (Å²) in [6.45, 7) is 1.49. The molecule has 54 valence electrons. The summed E-state index contributed by atoms with van der Waals surface area (Å²) in [5.74, 6) is 0.407. The standard InChI is InChI=1S/C7H8O2S/c1-5(8)6-3-4-7(9-6)10-2/h3-4H,1-2H3. The summed E-state index contributed by atoms with van der Waals surface area (Å²) in [5.41, 5.74) is 0. The molecule has 10 heavy (non-hydrogen) atoms. The van der Waals surface area contributed by atoms with Crippen LogP contribution in [0, 0.1) is 0 Å². The number of thioether (sulfide) groups is 1. The Bertz CT molecular complexity index is 240. The summed E-state index contributed by atoms with van der Waals surface area (Å²) < 4.78 is 5.11. The van der Waals surface area contributed by atoms with Gasteiger partial charge in [-0.25, -0.2) is 0 Å². The Morgan fingerprint density at radius 1 is 1.60 bits per heavy atom. The maximum absolute atomic E-state index is 10.7. The second-order valence-corrected chi connectivity index (χ2v) is 2.69. The normalized spacial score (nSPS) is 9.80. The van der Waals surface area contributed by atoms with Crippen molar-refractivity contribution in [3.8, 4) is 0 Å². The molecule has 3 heteroatoms. The van der Waals surface area contributed by atoms with Crippen LogP contribution >= 0.6 is 11.8 Å². The lowest BCUT2D eigenvalue weighted by Gasteiger charge is -1.86. The van der Waals surface area contributed by atoms with E-state index in [2.05, 4.69) is 0 Å². The van der Waals surface area contributed by atoms with Crippen molar-refractivity contribution in [2.24, 2.45) is 0 Å². The molecule has 0 aliphatic rings.